The van der Waals surface area contributed by atoms with Crippen LogP contribution in [0.1, 0.15) is 26.3 Å². The number of carbonyl (C=O) groups is 1. The quantitative estimate of drug-likeness (QED) is 0.875. The fourth-order valence-corrected chi connectivity index (χ4v) is 1.59. The van der Waals surface area contributed by atoms with Crippen molar-refractivity contribution in [1.82, 2.24) is 5.32 Å². The molecular formula is C13H18FNO2. The van der Waals surface area contributed by atoms with Crippen molar-refractivity contribution in [2.45, 2.75) is 26.2 Å². The number of methoxy groups -OCH3 is 1. The van der Waals surface area contributed by atoms with Gasteiger partial charge in [-0.1, -0.05) is 13.8 Å². The Hall–Kier alpha value is -1.58. The van der Waals surface area contributed by atoms with Gasteiger partial charge in [-0.2, -0.15) is 0 Å². The maximum Gasteiger partial charge on any atom is 0.216 e. The van der Waals surface area contributed by atoms with E-state index >= 15 is 0 Å². The van der Waals surface area contributed by atoms with Gasteiger partial charge in [0.25, 0.3) is 0 Å². The summed E-state index contributed by atoms with van der Waals surface area (Å²) in [5.74, 6) is 0.194. The molecule has 1 aromatic carbocycles. The molecule has 1 amide bonds. The van der Waals surface area contributed by atoms with Gasteiger partial charge in [0.1, 0.15) is 11.6 Å². The SMILES string of the molecule is COc1ccc(F)c(C(C)(C)CNC(C)=O)c1. The number of benzene rings is 1. The molecule has 0 unspecified atom stereocenters. The van der Waals surface area contributed by atoms with E-state index in [1.54, 1.807) is 12.1 Å². The second kappa shape index (κ2) is 5.17. The summed E-state index contributed by atoms with van der Waals surface area (Å²) in [6.45, 7) is 5.58. The van der Waals surface area contributed by atoms with Gasteiger partial charge in [-0.3, -0.25) is 4.79 Å². The molecule has 4 heteroatoms. The second-order valence-corrected chi connectivity index (χ2v) is 4.64. The normalized spacial score (nSPS) is 11.1. The fourth-order valence-electron chi connectivity index (χ4n) is 1.59. The van der Waals surface area contributed by atoms with Crippen LogP contribution < -0.4 is 10.1 Å². The molecule has 0 radical (unpaired) electrons. The van der Waals surface area contributed by atoms with Gasteiger partial charge in [-0.15, -0.1) is 0 Å². The van der Waals surface area contributed by atoms with Crippen LogP contribution >= 0.6 is 0 Å². The van der Waals surface area contributed by atoms with Crippen molar-refractivity contribution in [3.05, 3.63) is 29.6 Å². The highest BCUT2D eigenvalue weighted by Gasteiger charge is 2.25. The number of ether oxygens (including phenoxy) is 1. The maximum atomic E-state index is 13.8. The number of hydrogen-bond donors (Lipinski definition) is 1. The molecule has 0 fully saturated rings. The molecule has 94 valence electrons. The molecule has 1 aromatic rings. The Morgan fingerprint density at radius 1 is 1.47 bits per heavy atom. The zero-order chi connectivity index (χ0) is 13.1. The van der Waals surface area contributed by atoms with Gasteiger partial charge in [0, 0.05) is 18.9 Å². The van der Waals surface area contributed by atoms with Crippen LogP contribution in [0.2, 0.25) is 0 Å². The van der Waals surface area contributed by atoms with Crippen LogP contribution in [-0.2, 0) is 10.2 Å². The zero-order valence-corrected chi connectivity index (χ0v) is 10.6. The minimum absolute atomic E-state index is 0.124. The number of carbonyl (C=O) groups excluding carboxylic acids is 1. The second-order valence-electron chi connectivity index (χ2n) is 4.64. The van der Waals surface area contributed by atoms with Crippen LogP contribution in [0, 0.1) is 5.82 Å². The molecule has 1 N–H and O–H groups in total. The van der Waals surface area contributed by atoms with Gasteiger partial charge in [0.15, 0.2) is 0 Å². The lowest BCUT2D eigenvalue weighted by molar-refractivity contribution is -0.119. The van der Waals surface area contributed by atoms with Crippen LogP contribution in [0.4, 0.5) is 4.39 Å². The molecule has 0 aliphatic rings. The van der Waals surface area contributed by atoms with E-state index in [1.807, 2.05) is 13.8 Å². The summed E-state index contributed by atoms with van der Waals surface area (Å²) < 4.78 is 18.8. The van der Waals surface area contributed by atoms with Crippen molar-refractivity contribution in [3.63, 3.8) is 0 Å². The van der Waals surface area contributed by atoms with E-state index in [0.29, 0.717) is 17.9 Å². The largest absolute Gasteiger partial charge is 0.497 e. The smallest absolute Gasteiger partial charge is 0.216 e. The molecule has 0 aliphatic heterocycles. The average molecular weight is 239 g/mol. The molecule has 0 atom stereocenters. The fraction of sp³-hybridized carbons (Fsp3) is 0.462. The Labute approximate surface area is 101 Å². The first-order valence-electron chi connectivity index (χ1n) is 5.45. The molecule has 1 rings (SSSR count). The van der Waals surface area contributed by atoms with Crippen LogP contribution in [0.15, 0.2) is 18.2 Å². The van der Waals surface area contributed by atoms with Crippen molar-refractivity contribution >= 4 is 5.91 Å². The van der Waals surface area contributed by atoms with E-state index < -0.39 is 5.41 Å². The monoisotopic (exact) mass is 239 g/mol. The van der Waals surface area contributed by atoms with Crippen molar-refractivity contribution in [1.29, 1.82) is 0 Å². The minimum atomic E-state index is -0.482. The molecule has 17 heavy (non-hydrogen) atoms. The number of nitrogens with one attached hydrogen (secondary N) is 1. The highest BCUT2D eigenvalue weighted by molar-refractivity contribution is 5.72. The molecule has 0 saturated carbocycles. The van der Waals surface area contributed by atoms with Gasteiger partial charge < -0.3 is 10.1 Å². The van der Waals surface area contributed by atoms with Gasteiger partial charge in [0.2, 0.25) is 5.91 Å². The summed E-state index contributed by atoms with van der Waals surface area (Å²) in [4.78, 5) is 10.9. The van der Waals surface area contributed by atoms with Crippen molar-refractivity contribution in [2.75, 3.05) is 13.7 Å². The zero-order valence-electron chi connectivity index (χ0n) is 10.6. The van der Waals surface area contributed by atoms with Gasteiger partial charge >= 0.3 is 0 Å². The van der Waals surface area contributed by atoms with Gasteiger partial charge in [-0.25, -0.2) is 4.39 Å². The summed E-state index contributed by atoms with van der Waals surface area (Å²) in [5.41, 5.74) is 0.0511. The predicted molar refractivity (Wildman–Crippen MR) is 64.7 cm³/mol. The summed E-state index contributed by atoms with van der Waals surface area (Å²) in [6, 6.07) is 4.62. The molecule has 0 saturated heterocycles. The average Bonchev–Trinajstić information content (AvgIpc) is 2.27. The first-order valence-corrected chi connectivity index (χ1v) is 5.45. The van der Waals surface area contributed by atoms with Gasteiger partial charge in [-0.05, 0) is 23.8 Å². The Morgan fingerprint density at radius 2 is 2.12 bits per heavy atom. The molecule has 0 aliphatic carbocycles. The summed E-state index contributed by atoms with van der Waals surface area (Å²) >= 11 is 0. The molecule has 3 nitrogen and oxygen atoms in total. The predicted octanol–water partition coefficient (Wildman–Crippen LogP) is 2.25. The first-order chi connectivity index (χ1) is 7.86. The van der Waals surface area contributed by atoms with E-state index in [-0.39, 0.29) is 11.7 Å². The lowest BCUT2D eigenvalue weighted by Gasteiger charge is -2.26. The van der Waals surface area contributed by atoms with Crippen LogP contribution in [0.5, 0.6) is 5.75 Å². The van der Waals surface area contributed by atoms with E-state index in [1.165, 1.54) is 20.1 Å². The number of amides is 1. The van der Waals surface area contributed by atoms with Crippen molar-refractivity contribution < 1.29 is 13.9 Å². The Morgan fingerprint density at radius 3 is 2.65 bits per heavy atom. The lowest BCUT2D eigenvalue weighted by atomic mass is 9.84. The number of rotatable bonds is 4. The topological polar surface area (TPSA) is 38.3 Å². The summed E-state index contributed by atoms with van der Waals surface area (Å²) in [7, 11) is 1.54. The third kappa shape index (κ3) is 3.44. The Balaban J connectivity index is 2.99. The minimum Gasteiger partial charge on any atom is -0.497 e. The van der Waals surface area contributed by atoms with E-state index in [2.05, 4.69) is 5.32 Å². The highest BCUT2D eigenvalue weighted by atomic mass is 19.1. The molecule has 0 spiro atoms. The standard InChI is InChI=1S/C13H18FNO2/c1-9(16)15-8-13(2,3)11-7-10(17-4)5-6-12(11)14/h5-7H,8H2,1-4H3,(H,15,16). The van der Waals surface area contributed by atoms with Crippen LogP contribution in [0.25, 0.3) is 0 Å². The van der Waals surface area contributed by atoms with E-state index in [4.69, 9.17) is 4.74 Å². The summed E-state index contributed by atoms with van der Waals surface area (Å²) in [5, 5.41) is 2.70. The summed E-state index contributed by atoms with van der Waals surface area (Å²) in [6.07, 6.45) is 0. The molecule has 0 heterocycles. The Bertz CT molecular complexity index is 416. The Kier molecular flexibility index (Phi) is 4.10. The van der Waals surface area contributed by atoms with E-state index in [0.717, 1.165) is 0 Å². The maximum absolute atomic E-state index is 13.8. The third-order valence-corrected chi connectivity index (χ3v) is 2.68. The van der Waals surface area contributed by atoms with Gasteiger partial charge in [0.05, 0.1) is 7.11 Å². The highest BCUT2D eigenvalue weighted by Crippen LogP contribution is 2.28. The number of hydrogen-bond acceptors (Lipinski definition) is 2. The molecular weight excluding hydrogens is 221 g/mol. The third-order valence-electron chi connectivity index (χ3n) is 2.68. The first kappa shape index (κ1) is 13.5. The van der Waals surface area contributed by atoms with E-state index in [9.17, 15) is 9.18 Å². The molecule has 0 aromatic heterocycles. The lowest BCUT2D eigenvalue weighted by Crippen LogP contribution is -2.36. The van der Waals surface area contributed by atoms with Crippen LogP contribution in [0.3, 0.4) is 0 Å². The van der Waals surface area contributed by atoms with Crippen LogP contribution in [-0.4, -0.2) is 19.6 Å². The number of halogens is 1. The molecule has 0 bridgehead atoms. The van der Waals surface area contributed by atoms with Crippen molar-refractivity contribution in [2.24, 2.45) is 0 Å². The van der Waals surface area contributed by atoms with Crippen molar-refractivity contribution in [3.8, 4) is 5.75 Å².